The van der Waals surface area contributed by atoms with Crippen LogP contribution in [0.4, 0.5) is 0 Å². The number of pyridine rings is 1. The molecule has 0 fully saturated rings. The Morgan fingerprint density at radius 1 is 0.735 bits per heavy atom. The van der Waals surface area contributed by atoms with Crippen LogP contribution in [0.5, 0.6) is 0 Å². The van der Waals surface area contributed by atoms with Crippen LogP contribution >= 0.6 is 0 Å². The Kier molecular flexibility index (Phi) is 8.72. The van der Waals surface area contributed by atoms with Gasteiger partial charge >= 0.3 is 0 Å². The summed E-state index contributed by atoms with van der Waals surface area (Å²) in [6, 6.07) is 22.0. The van der Waals surface area contributed by atoms with Gasteiger partial charge in [0.05, 0.1) is 6.20 Å². The van der Waals surface area contributed by atoms with Gasteiger partial charge in [-0.1, -0.05) is 91.9 Å². The van der Waals surface area contributed by atoms with Gasteiger partial charge in [0.1, 0.15) is 5.69 Å². The average molecular weight is 453 g/mol. The van der Waals surface area contributed by atoms with Gasteiger partial charge in [0, 0.05) is 36.5 Å². The molecule has 174 valence electrons. The van der Waals surface area contributed by atoms with Gasteiger partial charge in [-0.15, -0.1) is 5.10 Å². The van der Waals surface area contributed by atoms with Gasteiger partial charge in [-0.3, -0.25) is 14.5 Å². The first-order chi connectivity index (χ1) is 16.8. The Hall–Kier alpha value is -3.60. The highest BCUT2D eigenvalue weighted by molar-refractivity contribution is 6.02. The molecule has 0 bridgehead atoms. The van der Waals surface area contributed by atoms with E-state index in [4.69, 9.17) is 0 Å². The lowest BCUT2D eigenvalue weighted by molar-refractivity contribution is 0.0979. The number of hydrogen-bond acceptors (Lipinski definition) is 4. The maximum absolute atomic E-state index is 12.8. The molecular weight excluding hydrogens is 420 g/mol. The summed E-state index contributed by atoms with van der Waals surface area (Å²) < 4.78 is 1.92. The fourth-order valence-corrected chi connectivity index (χ4v) is 4.23. The third-order valence-corrected chi connectivity index (χ3v) is 6.10. The quantitative estimate of drug-likeness (QED) is 0.162. The third kappa shape index (κ3) is 6.70. The summed E-state index contributed by atoms with van der Waals surface area (Å²) >= 11 is 0. The van der Waals surface area contributed by atoms with Crippen LogP contribution in [0.1, 0.15) is 61.7 Å². The Labute approximate surface area is 201 Å². The number of hydrogen-bond donors (Lipinski definition) is 0. The number of aryl methyl sites for hydroxylation is 1. The molecule has 4 aromatic rings. The summed E-state index contributed by atoms with van der Waals surface area (Å²) in [5.74, 6) is 0.248. The second-order valence-electron chi connectivity index (χ2n) is 8.67. The first-order valence-electron chi connectivity index (χ1n) is 12.3. The number of rotatable bonds is 13. The van der Waals surface area contributed by atoms with Crippen LogP contribution in [0.15, 0.2) is 85.3 Å². The number of carbonyl (C=O) groups excluding carboxylic acids is 1. The smallest absolute Gasteiger partial charge is 0.163 e. The lowest BCUT2D eigenvalue weighted by Crippen LogP contribution is -2.01. The van der Waals surface area contributed by atoms with E-state index in [1.165, 1.54) is 25.7 Å². The summed E-state index contributed by atoms with van der Waals surface area (Å²) in [4.78, 5) is 17.0. The van der Waals surface area contributed by atoms with Crippen LogP contribution in [0, 0.1) is 0 Å². The lowest BCUT2D eigenvalue weighted by atomic mass is 9.94. The zero-order valence-electron chi connectivity index (χ0n) is 19.6. The number of ketones is 1. The number of aromatic nitrogens is 4. The van der Waals surface area contributed by atoms with Crippen LogP contribution in [0.2, 0.25) is 0 Å². The van der Waals surface area contributed by atoms with Crippen molar-refractivity contribution in [3.63, 3.8) is 0 Å². The molecule has 2 aromatic heterocycles. The number of carbonyl (C=O) groups is 1. The van der Waals surface area contributed by atoms with Crippen molar-refractivity contribution in [1.82, 2.24) is 20.0 Å². The predicted octanol–water partition coefficient (Wildman–Crippen LogP) is 7.01. The first-order valence-corrected chi connectivity index (χ1v) is 12.3. The molecule has 5 nitrogen and oxygen atoms in total. The molecule has 0 aliphatic rings. The molecule has 0 saturated heterocycles. The van der Waals surface area contributed by atoms with Crippen molar-refractivity contribution < 1.29 is 4.79 Å². The SMILES string of the molecule is O=C(CCCCCCCCCn1cc(-c2cccnc2)nn1)c1ccccc1-c1ccccc1. The van der Waals surface area contributed by atoms with Crippen LogP contribution in [0.25, 0.3) is 22.4 Å². The van der Waals surface area contributed by atoms with Crippen molar-refractivity contribution in [1.29, 1.82) is 0 Å². The van der Waals surface area contributed by atoms with Crippen LogP contribution in [-0.2, 0) is 6.54 Å². The molecule has 0 amide bonds. The highest BCUT2D eigenvalue weighted by Crippen LogP contribution is 2.25. The minimum absolute atomic E-state index is 0.248. The highest BCUT2D eigenvalue weighted by Gasteiger charge is 2.11. The third-order valence-electron chi connectivity index (χ3n) is 6.10. The van der Waals surface area contributed by atoms with Gasteiger partial charge in [-0.2, -0.15) is 0 Å². The molecule has 34 heavy (non-hydrogen) atoms. The second-order valence-corrected chi connectivity index (χ2v) is 8.67. The molecule has 2 aromatic carbocycles. The predicted molar refractivity (Wildman–Crippen MR) is 136 cm³/mol. The van der Waals surface area contributed by atoms with E-state index in [1.807, 2.05) is 71.7 Å². The zero-order valence-corrected chi connectivity index (χ0v) is 19.6. The Balaban J connectivity index is 1.10. The molecule has 2 heterocycles. The molecule has 4 rings (SSSR count). The Morgan fingerprint density at radius 2 is 1.44 bits per heavy atom. The summed E-state index contributed by atoms with van der Waals surface area (Å²) in [6.07, 6.45) is 14.1. The molecule has 5 heteroatoms. The van der Waals surface area contributed by atoms with Gasteiger partial charge in [-0.05, 0) is 36.1 Å². The summed E-state index contributed by atoms with van der Waals surface area (Å²) in [5.41, 5.74) is 4.84. The average Bonchev–Trinajstić information content (AvgIpc) is 3.37. The van der Waals surface area contributed by atoms with Crippen LogP contribution < -0.4 is 0 Å². The molecule has 0 spiro atoms. The molecule has 0 aliphatic carbocycles. The normalized spacial score (nSPS) is 10.9. The summed E-state index contributed by atoms with van der Waals surface area (Å²) in [6.45, 7) is 0.891. The summed E-state index contributed by atoms with van der Waals surface area (Å²) in [7, 11) is 0. The minimum atomic E-state index is 0.248. The van der Waals surface area contributed by atoms with Gasteiger partial charge in [0.25, 0.3) is 0 Å². The standard InChI is InChI=1S/C29H32N4O/c34-29(27-18-11-10-17-26(27)24-14-7-6-8-15-24)19-9-4-2-1-3-5-12-21-33-23-28(31-32-33)25-16-13-20-30-22-25/h6-8,10-11,13-18,20,22-23H,1-5,9,12,19,21H2. The van der Waals surface area contributed by atoms with E-state index in [-0.39, 0.29) is 5.78 Å². The fraction of sp³-hybridized carbons (Fsp3) is 0.310. The van der Waals surface area contributed by atoms with Crippen molar-refractivity contribution >= 4 is 5.78 Å². The monoisotopic (exact) mass is 452 g/mol. The van der Waals surface area contributed by atoms with Crippen LogP contribution in [-0.4, -0.2) is 25.8 Å². The van der Waals surface area contributed by atoms with Crippen molar-refractivity contribution in [2.75, 3.05) is 0 Å². The number of benzene rings is 2. The van der Waals surface area contributed by atoms with Gasteiger partial charge in [-0.25, -0.2) is 0 Å². The number of Topliss-reactive ketones (excluding diaryl/α,β-unsaturated/α-hetero) is 1. The molecule has 0 aliphatic heterocycles. The molecule has 0 radical (unpaired) electrons. The van der Waals surface area contributed by atoms with E-state index in [9.17, 15) is 4.79 Å². The Morgan fingerprint density at radius 3 is 2.24 bits per heavy atom. The summed E-state index contributed by atoms with van der Waals surface area (Å²) in [5, 5.41) is 8.46. The molecule has 0 N–H and O–H groups in total. The second kappa shape index (κ2) is 12.6. The zero-order chi connectivity index (χ0) is 23.4. The fourth-order valence-electron chi connectivity index (χ4n) is 4.23. The van der Waals surface area contributed by atoms with E-state index >= 15 is 0 Å². The largest absolute Gasteiger partial charge is 0.294 e. The van der Waals surface area contributed by atoms with Crippen LogP contribution in [0.3, 0.4) is 0 Å². The van der Waals surface area contributed by atoms with Crippen molar-refractivity contribution in [3.05, 3.63) is 90.9 Å². The minimum Gasteiger partial charge on any atom is -0.294 e. The van der Waals surface area contributed by atoms with E-state index in [0.717, 1.165) is 53.8 Å². The topological polar surface area (TPSA) is 60.7 Å². The molecular formula is C29H32N4O. The van der Waals surface area contributed by atoms with E-state index in [2.05, 4.69) is 27.4 Å². The Bertz CT molecular complexity index is 1150. The van der Waals surface area contributed by atoms with Crippen molar-refractivity contribution in [2.45, 2.75) is 57.9 Å². The van der Waals surface area contributed by atoms with Crippen molar-refractivity contribution in [2.24, 2.45) is 0 Å². The highest BCUT2D eigenvalue weighted by atomic mass is 16.1. The van der Waals surface area contributed by atoms with E-state index in [0.29, 0.717) is 6.42 Å². The molecule has 0 atom stereocenters. The molecule has 0 saturated carbocycles. The lowest BCUT2D eigenvalue weighted by Gasteiger charge is -2.09. The van der Waals surface area contributed by atoms with E-state index < -0.39 is 0 Å². The molecule has 0 unspecified atom stereocenters. The number of nitrogens with zero attached hydrogens (tertiary/aromatic N) is 4. The maximum atomic E-state index is 12.8. The van der Waals surface area contributed by atoms with E-state index in [1.54, 1.807) is 6.20 Å². The first kappa shape index (κ1) is 23.6. The number of unbranched alkanes of at least 4 members (excludes halogenated alkanes) is 6. The maximum Gasteiger partial charge on any atom is 0.163 e. The van der Waals surface area contributed by atoms with Gasteiger partial charge in [0.2, 0.25) is 0 Å². The van der Waals surface area contributed by atoms with Gasteiger partial charge < -0.3 is 0 Å². The van der Waals surface area contributed by atoms with Crippen molar-refractivity contribution in [3.8, 4) is 22.4 Å². The van der Waals surface area contributed by atoms with Gasteiger partial charge in [0.15, 0.2) is 5.78 Å².